The molecule has 0 amide bonds. The van der Waals surface area contributed by atoms with E-state index in [0.29, 0.717) is 0 Å². The zero-order chi connectivity index (χ0) is 34.0. The molecular formula is C31H62F3NSi8. The van der Waals surface area contributed by atoms with Gasteiger partial charge in [0.15, 0.2) is 0 Å². The molecule has 0 bridgehead atoms. The van der Waals surface area contributed by atoms with Crippen LogP contribution in [0.4, 0.5) is 18.9 Å². The number of halogens is 3. The molecule has 0 aliphatic heterocycles. The number of anilines is 1. The van der Waals surface area contributed by atoms with Crippen LogP contribution in [0.2, 0.25) is 105 Å². The number of hydrogen-bond donors (Lipinski definition) is 0. The van der Waals surface area contributed by atoms with Crippen LogP contribution >= 0.6 is 0 Å². The molecule has 0 fully saturated rings. The molecule has 0 aliphatic rings. The summed E-state index contributed by atoms with van der Waals surface area (Å²) in [6.45, 7) is 43.6. The first-order valence-corrected chi connectivity index (χ1v) is 46.8. The Morgan fingerprint density at radius 3 is 0.930 bits per heavy atom. The first kappa shape index (κ1) is 38.9. The second-order valence-corrected chi connectivity index (χ2v) is 106. The Balaban J connectivity index is 2.63. The molecule has 0 saturated heterocycles. The number of nitrogens with zero attached hydrogens (tertiary/aromatic N) is 1. The second-order valence-electron chi connectivity index (χ2n) is 17.5. The van der Waals surface area contributed by atoms with Gasteiger partial charge in [0.05, 0.1) is 20.7 Å². The average Bonchev–Trinajstić information content (AvgIpc) is 2.87. The van der Waals surface area contributed by atoms with Crippen molar-refractivity contribution in [3.63, 3.8) is 0 Å². The Morgan fingerprint density at radius 2 is 0.674 bits per heavy atom. The van der Waals surface area contributed by atoms with Gasteiger partial charge in [0.25, 0.3) is 0 Å². The summed E-state index contributed by atoms with van der Waals surface area (Å²) >= 11 is 0. The van der Waals surface area contributed by atoms with Gasteiger partial charge in [-0.05, 0) is 12.1 Å². The van der Waals surface area contributed by atoms with Gasteiger partial charge in [0, 0.05) is 62.4 Å². The van der Waals surface area contributed by atoms with Crippen LogP contribution < -0.4 is 15.3 Å². The normalized spacial score (nSPS) is 15.1. The van der Waals surface area contributed by atoms with Crippen molar-refractivity contribution in [1.82, 2.24) is 0 Å². The first-order chi connectivity index (χ1) is 18.9. The topological polar surface area (TPSA) is 3.24 Å². The van der Waals surface area contributed by atoms with Crippen molar-refractivity contribution >= 4 is 73.9 Å². The van der Waals surface area contributed by atoms with E-state index in [1.807, 2.05) is 12.1 Å². The summed E-state index contributed by atoms with van der Waals surface area (Å²) in [4.78, 5) is 2.19. The van der Waals surface area contributed by atoms with Crippen molar-refractivity contribution in [1.29, 1.82) is 0 Å². The van der Waals surface area contributed by atoms with Gasteiger partial charge in [-0.2, -0.15) is 13.2 Å². The molecule has 2 aromatic carbocycles. The molecule has 0 N–H and O–H groups in total. The Bertz CT molecular complexity index is 1280. The lowest BCUT2D eigenvalue weighted by Crippen LogP contribution is -2.93. The SMILES string of the molecule is CN(C)c1ccc([Si](C)(C)[Si](C)(C)[Si](C)(C)[Si](C)(C)[Si](C)(C)[Si](C)(C)[Si](C)(C)[Si](C)(C)c2ccc(C(F)(F)F)cc2)cc1. The third kappa shape index (κ3) is 6.02. The fourth-order valence-corrected chi connectivity index (χ4v) is 239. The van der Waals surface area contributed by atoms with Crippen molar-refractivity contribution in [2.45, 2.75) is 111 Å². The quantitative estimate of drug-likeness (QED) is 0.221. The number of benzene rings is 2. The fraction of sp³-hybridized carbons (Fsp3) is 0.613. The van der Waals surface area contributed by atoms with Crippen molar-refractivity contribution in [3.05, 3.63) is 54.1 Å². The van der Waals surface area contributed by atoms with Crippen molar-refractivity contribution in [2.75, 3.05) is 19.0 Å². The van der Waals surface area contributed by atoms with E-state index in [2.05, 4.69) is 148 Å². The summed E-state index contributed by atoms with van der Waals surface area (Å²) in [6.07, 6.45) is -4.28. The maximum Gasteiger partial charge on any atom is 0.416 e. The summed E-state index contributed by atoms with van der Waals surface area (Å²) in [5, 5.41) is 2.85. The second kappa shape index (κ2) is 11.8. The van der Waals surface area contributed by atoms with Crippen LogP contribution in [0, 0.1) is 0 Å². The van der Waals surface area contributed by atoms with Gasteiger partial charge in [-0.1, -0.05) is 152 Å². The average molecular weight is 731 g/mol. The molecule has 12 heteroatoms. The van der Waals surface area contributed by atoms with Crippen molar-refractivity contribution < 1.29 is 13.2 Å². The van der Waals surface area contributed by atoms with Crippen LogP contribution in [-0.2, 0) is 6.18 Å². The van der Waals surface area contributed by atoms with E-state index in [1.54, 1.807) is 5.19 Å². The van der Waals surface area contributed by atoms with Crippen LogP contribution in [0.3, 0.4) is 0 Å². The smallest absolute Gasteiger partial charge is 0.378 e. The minimum absolute atomic E-state index is 0.525. The highest BCUT2D eigenvalue weighted by Crippen LogP contribution is 2.45. The summed E-state index contributed by atoms with van der Waals surface area (Å²) in [6, 6.07) is 15.9. The van der Waals surface area contributed by atoms with Crippen LogP contribution in [0.1, 0.15) is 5.56 Å². The van der Waals surface area contributed by atoms with Crippen molar-refractivity contribution in [3.8, 4) is 0 Å². The molecule has 0 unspecified atom stereocenters. The zero-order valence-electron chi connectivity index (χ0n) is 30.7. The highest BCUT2D eigenvalue weighted by atomic mass is 30.1. The predicted molar refractivity (Wildman–Crippen MR) is 211 cm³/mol. The monoisotopic (exact) mass is 729 g/mol. The van der Waals surface area contributed by atoms with Gasteiger partial charge in [-0.15, -0.1) is 0 Å². The Kier molecular flexibility index (Phi) is 10.7. The molecule has 0 spiro atoms. The molecule has 2 aromatic rings. The van der Waals surface area contributed by atoms with E-state index >= 15 is 0 Å². The van der Waals surface area contributed by atoms with Crippen molar-refractivity contribution in [2.24, 2.45) is 0 Å². The Hall–Kier alpha value is -0.235. The maximum atomic E-state index is 13.4. The molecule has 43 heavy (non-hydrogen) atoms. The molecule has 2 rings (SSSR count). The van der Waals surface area contributed by atoms with Gasteiger partial charge in [-0.3, -0.25) is 0 Å². The molecular weight excluding hydrogens is 668 g/mol. The van der Waals surface area contributed by atoms with E-state index in [-0.39, 0.29) is 0 Å². The lowest BCUT2D eigenvalue weighted by Gasteiger charge is -2.65. The minimum atomic E-state index is -4.28. The minimum Gasteiger partial charge on any atom is -0.378 e. The maximum absolute atomic E-state index is 13.4. The molecule has 0 saturated carbocycles. The number of hydrogen-bond acceptors (Lipinski definition) is 1. The number of rotatable bonds is 10. The van der Waals surface area contributed by atoms with Crippen LogP contribution in [-0.4, -0.2) is 71.9 Å². The summed E-state index contributed by atoms with van der Waals surface area (Å²) in [5.74, 6) is 0. The highest BCUT2D eigenvalue weighted by molar-refractivity contribution is 8.04. The lowest BCUT2D eigenvalue weighted by molar-refractivity contribution is -0.137. The molecule has 1 nitrogen and oxygen atoms in total. The van der Waals surface area contributed by atoms with Crippen LogP contribution in [0.25, 0.3) is 0 Å². The molecule has 0 atom stereocenters. The van der Waals surface area contributed by atoms with E-state index in [4.69, 9.17) is 0 Å². The largest absolute Gasteiger partial charge is 0.416 e. The third-order valence-electron chi connectivity index (χ3n) is 15.0. The predicted octanol–water partition coefficient (Wildman–Crippen LogP) is 9.10. The fourth-order valence-electron chi connectivity index (χ4n) is 7.66. The van der Waals surface area contributed by atoms with E-state index in [1.165, 1.54) is 23.0 Å². The van der Waals surface area contributed by atoms with E-state index in [9.17, 15) is 13.2 Å². The van der Waals surface area contributed by atoms with Gasteiger partial charge in [0.1, 0.15) is 0 Å². The van der Waals surface area contributed by atoms with Gasteiger partial charge in [0.2, 0.25) is 0 Å². The third-order valence-corrected chi connectivity index (χ3v) is 187. The summed E-state index contributed by atoms with van der Waals surface area (Å²) in [7, 11) is -9.82. The molecule has 0 aromatic heterocycles. The lowest BCUT2D eigenvalue weighted by atomic mass is 10.2. The highest BCUT2D eigenvalue weighted by Gasteiger charge is 2.69. The Labute approximate surface area is 269 Å². The Morgan fingerprint density at radius 1 is 0.419 bits per heavy atom. The van der Waals surface area contributed by atoms with Gasteiger partial charge < -0.3 is 4.90 Å². The molecule has 0 heterocycles. The van der Waals surface area contributed by atoms with Crippen LogP contribution in [0.5, 0.6) is 0 Å². The molecule has 244 valence electrons. The first-order valence-electron chi connectivity index (χ1n) is 15.8. The summed E-state index contributed by atoms with van der Waals surface area (Å²) < 4.78 is 40.3. The van der Waals surface area contributed by atoms with Crippen LogP contribution in [0.15, 0.2) is 48.5 Å². The number of alkyl halides is 3. The van der Waals surface area contributed by atoms with Gasteiger partial charge in [-0.25, -0.2) is 0 Å². The summed E-state index contributed by atoms with van der Waals surface area (Å²) in [5.41, 5.74) is 0.746. The molecule has 0 aliphatic carbocycles. The van der Waals surface area contributed by atoms with Gasteiger partial charge >= 0.3 is 6.18 Å². The zero-order valence-corrected chi connectivity index (χ0v) is 38.7. The van der Waals surface area contributed by atoms with E-state index in [0.717, 1.165) is 0 Å². The standard InChI is InChI=1S/C31H62F3NSi8/c1-35(2)28-21-25-30(26-22-28)37(5,6)39(9,10)41(13,14)43(17,18)42(15,16)40(11,12)38(7,8)36(3,4)29-23-19-27(20-24-29)31(32,33)34/h19-26H,1-18H3. The van der Waals surface area contributed by atoms with E-state index < -0.39 is 69.6 Å². The molecule has 0 radical (unpaired) electrons.